The molecule has 0 spiro atoms. The number of esters is 1. The third kappa shape index (κ3) is 3.35. The second-order valence-corrected chi connectivity index (χ2v) is 5.15. The Kier molecular flexibility index (Phi) is 5.40. The predicted molar refractivity (Wildman–Crippen MR) is 75.2 cm³/mol. The van der Waals surface area contributed by atoms with Crippen molar-refractivity contribution in [3.05, 3.63) is 5.56 Å². The molecule has 0 saturated heterocycles. The summed E-state index contributed by atoms with van der Waals surface area (Å²) in [5, 5.41) is 0.808. The number of nitrogens with two attached hydrogens (primary N) is 1. The van der Waals surface area contributed by atoms with Gasteiger partial charge in [0.1, 0.15) is 10.6 Å². The smallest absolute Gasteiger partial charge is 0.345 e. The molecule has 1 heterocycles. The van der Waals surface area contributed by atoms with Gasteiger partial charge in [-0.1, -0.05) is 13.8 Å². The number of ether oxygens (including phenoxy) is 1. The van der Waals surface area contributed by atoms with Crippen LogP contribution in [0.25, 0.3) is 0 Å². The predicted octanol–water partition coefficient (Wildman–Crippen LogP) is 2.38. The van der Waals surface area contributed by atoms with Crippen molar-refractivity contribution in [2.75, 3.05) is 30.3 Å². The maximum Gasteiger partial charge on any atom is 0.345 e. The summed E-state index contributed by atoms with van der Waals surface area (Å²) < 4.78 is 9.10. The van der Waals surface area contributed by atoms with Gasteiger partial charge in [-0.25, -0.2) is 4.79 Å². The molecule has 0 saturated carbocycles. The molecule has 0 aromatic carbocycles. The Bertz CT molecular complexity index is 404. The highest BCUT2D eigenvalue weighted by atomic mass is 32.1. The molecule has 2 N–H and O–H groups in total. The summed E-state index contributed by atoms with van der Waals surface area (Å²) in [4.78, 5) is 14.0. The number of carbonyl (C=O) groups excluding carboxylic acids is 1. The van der Waals surface area contributed by atoms with Crippen molar-refractivity contribution in [3.63, 3.8) is 0 Å². The molecule has 0 aliphatic heterocycles. The number of carbonyl (C=O) groups is 1. The van der Waals surface area contributed by atoms with E-state index in [1.54, 1.807) is 6.92 Å². The normalized spacial score (nSPS) is 10.7. The number of hydrogen-bond acceptors (Lipinski definition) is 6. The zero-order valence-electron chi connectivity index (χ0n) is 11.4. The quantitative estimate of drug-likeness (QED) is 0.805. The van der Waals surface area contributed by atoms with Crippen LogP contribution in [0.15, 0.2) is 0 Å². The Morgan fingerprint density at radius 2 is 2.17 bits per heavy atom. The number of nitrogen functional groups attached to an aromatic ring is 1. The Balaban J connectivity index is 3.04. The number of nitrogens with zero attached hydrogens (tertiary/aromatic N) is 2. The molecule has 1 aromatic heterocycles. The van der Waals surface area contributed by atoms with Crippen molar-refractivity contribution in [3.8, 4) is 0 Å². The summed E-state index contributed by atoms with van der Waals surface area (Å²) in [5.41, 5.74) is 6.17. The summed E-state index contributed by atoms with van der Waals surface area (Å²) in [7, 11) is 0. The first-order valence-corrected chi connectivity index (χ1v) is 6.95. The Morgan fingerprint density at radius 1 is 1.50 bits per heavy atom. The lowest BCUT2D eigenvalue weighted by Crippen LogP contribution is -2.28. The lowest BCUT2D eigenvalue weighted by atomic mass is 10.2. The number of hydrogen-bond donors (Lipinski definition) is 1. The molecule has 0 atom stereocenters. The van der Waals surface area contributed by atoms with Crippen LogP contribution in [0.2, 0.25) is 0 Å². The maximum absolute atomic E-state index is 11.9. The third-order valence-corrected chi connectivity index (χ3v) is 3.36. The molecule has 1 rings (SSSR count). The van der Waals surface area contributed by atoms with E-state index in [-0.39, 0.29) is 11.8 Å². The first-order valence-electron chi connectivity index (χ1n) is 6.18. The standard InChI is InChI=1S/C12H21N3O2S/c1-5-15(7-8(3)4)11-9(10(13)14-18-11)12(16)17-6-2/h8H,5-7H2,1-4H3,(H2,13,14). The van der Waals surface area contributed by atoms with Gasteiger partial charge in [0.25, 0.3) is 0 Å². The summed E-state index contributed by atoms with van der Waals surface area (Å²) in [5.74, 6) is 0.375. The van der Waals surface area contributed by atoms with E-state index in [1.807, 2.05) is 6.92 Å². The van der Waals surface area contributed by atoms with E-state index in [2.05, 4.69) is 23.1 Å². The molecule has 5 nitrogen and oxygen atoms in total. The molecule has 0 fully saturated rings. The van der Waals surface area contributed by atoms with E-state index in [0.29, 0.717) is 18.1 Å². The Hall–Kier alpha value is -1.30. The molecule has 0 amide bonds. The SMILES string of the molecule is CCOC(=O)c1c(N)nsc1N(CC)CC(C)C. The second-order valence-electron chi connectivity index (χ2n) is 4.40. The summed E-state index contributed by atoms with van der Waals surface area (Å²) in [6, 6.07) is 0. The fraction of sp³-hybridized carbons (Fsp3) is 0.667. The summed E-state index contributed by atoms with van der Waals surface area (Å²) in [6.45, 7) is 10.1. The van der Waals surface area contributed by atoms with Gasteiger partial charge in [0, 0.05) is 13.1 Å². The highest BCUT2D eigenvalue weighted by molar-refractivity contribution is 7.11. The first-order chi connectivity index (χ1) is 8.51. The fourth-order valence-electron chi connectivity index (χ4n) is 1.70. The highest BCUT2D eigenvalue weighted by Gasteiger charge is 2.24. The van der Waals surface area contributed by atoms with Crippen LogP contribution in [-0.4, -0.2) is 30.0 Å². The molecule has 0 aliphatic carbocycles. The van der Waals surface area contributed by atoms with Crippen LogP contribution in [0.5, 0.6) is 0 Å². The van der Waals surface area contributed by atoms with Gasteiger partial charge in [-0.05, 0) is 31.3 Å². The van der Waals surface area contributed by atoms with E-state index in [1.165, 1.54) is 11.5 Å². The molecule has 0 radical (unpaired) electrons. The van der Waals surface area contributed by atoms with Crippen LogP contribution in [-0.2, 0) is 4.74 Å². The Labute approximate surface area is 112 Å². The zero-order valence-corrected chi connectivity index (χ0v) is 12.2. The van der Waals surface area contributed by atoms with Gasteiger partial charge in [-0.2, -0.15) is 4.37 Å². The topological polar surface area (TPSA) is 68.5 Å². The van der Waals surface area contributed by atoms with E-state index in [9.17, 15) is 4.79 Å². The monoisotopic (exact) mass is 271 g/mol. The van der Waals surface area contributed by atoms with Crippen LogP contribution in [0, 0.1) is 5.92 Å². The maximum atomic E-state index is 11.9. The molecule has 0 unspecified atom stereocenters. The lowest BCUT2D eigenvalue weighted by molar-refractivity contribution is 0.0528. The minimum absolute atomic E-state index is 0.260. The average molecular weight is 271 g/mol. The van der Waals surface area contributed by atoms with Crippen LogP contribution in [0.1, 0.15) is 38.1 Å². The van der Waals surface area contributed by atoms with Gasteiger partial charge in [0.05, 0.1) is 6.61 Å². The summed E-state index contributed by atoms with van der Waals surface area (Å²) in [6.07, 6.45) is 0. The van der Waals surface area contributed by atoms with E-state index in [4.69, 9.17) is 10.5 Å². The van der Waals surface area contributed by atoms with Crippen molar-refractivity contribution in [2.45, 2.75) is 27.7 Å². The minimum atomic E-state index is -0.388. The van der Waals surface area contributed by atoms with Crippen LogP contribution in [0.4, 0.5) is 10.8 Å². The molecule has 6 heteroatoms. The van der Waals surface area contributed by atoms with E-state index in [0.717, 1.165) is 18.1 Å². The Morgan fingerprint density at radius 3 is 2.67 bits per heavy atom. The minimum Gasteiger partial charge on any atom is -0.462 e. The molecular formula is C12H21N3O2S. The second kappa shape index (κ2) is 6.58. The van der Waals surface area contributed by atoms with Crippen molar-refractivity contribution < 1.29 is 9.53 Å². The van der Waals surface area contributed by atoms with Gasteiger partial charge in [0.15, 0.2) is 5.82 Å². The molecule has 1 aromatic rings. The molecule has 0 bridgehead atoms. The molecular weight excluding hydrogens is 250 g/mol. The largest absolute Gasteiger partial charge is 0.462 e. The van der Waals surface area contributed by atoms with Crippen molar-refractivity contribution >= 4 is 28.3 Å². The van der Waals surface area contributed by atoms with E-state index >= 15 is 0 Å². The number of rotatable bonds is 6. The first kappa shape index (κ1) is 14.8. The average Bonchev–Trinajstić information content (AvgIpc) is 2.68. The zero-order chi connectivity index (χ0) is 13.7. The number of anilines is 2. The van der Waals surface area contributed by atoms with Gasteiger partial charge in [0.2, 0.25) is 0 Å². The van der Waals surface area contributed by atoms with Crippen LogP contribution in [0.3, 0.4) is 0 Å². The lowest BCUT2D eigenvalue weighted by Gasteiger charge is -2.23. The molecule has 0 aliphatic rings. The van der Waals surface area contributed by atoms with Gasteiger partial charge in [-0.15, -0.1) is 0 Å². The number of aromatic nitrogens is 1. The van der Waals surface area contributed by atoms with Gasteiger partial charge in [-0.3, -0.25) is 0 Å². The molecule has 102 valence electrons. The van der Waals surface area contributed by atoms with Crippen molar-refractivity contribution in [1.82, 2.24) is 4.37 Å². The van der Waals surface area contributed by atoms with E-state index < -0.39 is 0 Å². The van der Waals surface area contributed by atoms with Crippen LogP contribution < -0.4 is 10.6 Å². The van der Waals surface area contributed by atoms with Gasteiger partial charge < -0.3 is 15.4 Å². The van der Waals surface area contributed by atoms with Crippen molar-refractivity contribution in [2.24, 2.45) is 5.92 Å². The van der Waals surface area contributed by atoms with Crippen LogP contribution >= 0.6 is 11.5 Å². The third-order valence-electron chi connectivity index (χ3n) is 2.43. The summed E-state index contributed by atoms with van der Waals surface area (Å²) >= 11 is 1.26. The van der Waals surface area contributed by atoms with Crippen molar-refractivity contribution in [1.29, 1.82) is 0 Å². The highest BCUT2D eigenvalue weighted by Crippen LogP contribution is 2.31. The van der Waals surface area contributed by atoms with Gasteiger partial charge >= 0.3 is 5.97 Å². The molecule has 18 heavy (non-hydrogen) atoms. The fourth-order valence-corrected chi connectivity index (χ4v) is 2.58.